The van der Waals surface area contributed by atoms with Crippen molar-refractivity contribution in [1.82, 2.24) is 4.98 Å². The molecule has 0 atom stereocenters. The van der Waals surface area contributed by atoms with E-state index in [0.717, 1.165) is 18.3 Å². The second-order valence-corrected chi connectivity index (χ2v) is 4.63. The standard InChI is InChI=1S/C12H6BrFN2O5/c13-8-2-1-6(3-9(8)14)21-11-4-7(12(17)18)10(5-15-11)16(19)20/h1-5H,(H,17,18). The average molecular weight is 357 g/mol. The van der Waals surface area contributed by atoms with Gasteiger partial charge < -0.3 is 9.84 Å². The molecule has 0 saturated heterocycles. The summed E-state index contributed by atoms with van der Waals surface area (Å²) in [5.41, 5.74) is -1.22. The van der Waals surface area contributed by atoms with Crippen LogP contribution in [0.5, 0.6) is 11.6 Å². The van der Waals surface area contributed by atoms with Crippen LogP contribution in [0.3, 0.4) is 0 Å². The number of benzene rings is 1. The van der Waals surface area contributed by atoms with E-state index < -0.39 is 28.0 Å². The Hall–Kier alpha value is -2.55. The van der Waals surface area contributed by atoms with Crippen molar-refractivity contribution in [3.05, 3.63) is 56.4 Å². The molecule has 2 aromatic rings. The lowest BCUT2D eigenvalue weighted by Gasteiger charge is -2.06. The minimum atomic E-state index is -1.49. The molecule has 0 amide bonds. The van der Waals surface area contributed by atoms with Crippen LogP contribution in [0.25, 0.3) is 0 Å². The molecule has 0 saturated carbocycles. The molecule has 7 nitrogen and oxygen atoms in total. The molecule has 0 fully saturated rings. The van der Waals surface area contributed by atoms with Crippen LogP contribution in [0.4, 0.5) is 10.1 Å². The molecule has 1 N–H and O–H groups in total. The third-order valence-corrected chi connectivity index (χ3v) is 3.04. The van der Waals surface area contributed by atoms with E-state index >= 15 is 0 Å². The molecule has 0 aliphatic rings. The van der Waals surface area contributed by atoms with Crippen LogP contribution in [-0.2, 0) is 0 Å². The van der Waals surface area contributed by atoms with Crippen molar-refractivity contribution in [2.24, 2.45) is 0 Å². The Kier molecular flexibility index (Phi) is 4.13. The molecule has 0 aliphatic heterocycles. The summed E-state index contributed by atoms with van der Waals surface area (Å²) in [4.78, 5) is 24.4. The molecule has 1 aromatic carbocycles. The largest absolute Gasteiger partial charge is 0.477 e. The number of aromatic carboxylic acids is 1. The number of hydrogen-bond donors (Lipinski definition) is 1. The van der Waals surface area contributed by atoms with Gasteiger partial charge in [-0.2, -0.15) is 0 Å². The van der Waals surface area contributed by atoms with E-state index in [4.69, 9.17) is 9.84 Å². The van der Waals surface area contributed by atoms with Gasteiger partial charge in [0.25, 0.3) is 0 Å². The number of carboxylic acid groups (broad SMARTS) is 1. The Morgan fingerprint density at radius 3 is 2.71 bits per heavy atom. The van der Waals surface area contributed by atoms with Gasteiger partial charge in [-0.05, 0) is 28.1 Å². The maximum absolute atomic E-state index is 13.3. The van der Waals surface area contributed by atoms with Crippen LogP contribution in [0.2, 0.25) is 0 Å². The molecular weight excluding hydrogens is 351 g/mol. The first-order valence-electron chi connectivity index (χ1n) is 5.39. The number of pyridine rings is 1. The Bertz CT molecular complexity index is 738. The molecule has 0 bridgehead atoms. The van der Waals surface area contributed by atoms with Gasteiger partial charge in [-0.25, -0.2) is 14.2 Å². The number of nitro groups is 1. The van der Waals surface area contributed by atoms with Crippen LogP contribution in [-0.4, -0.2) is 21.0 Å². The Labute approximate surface area is 125 Å². The molecule has 108 valence electrons. The number of hydrogen-bond acceptors (Lipinski definition) is 5. The van der Waals surface area contributed by atoms with E-state index in [0.29, 0.717) is 0 Å². The van der Waals surface area contributed by atoms with Gasteiger partial charge >= 0.3 is 11.7 Å². The second-order valence-electron chi connectivity index (χ2n) is 3.78. The minimum absolute atomic E-state index is 0.0772. The Morgan fingerprint density at radius 1 is 1.43 bits per heavy atom. The normalized spacial score (nSPS) is 10.2. The molecule has 0 radical (unpaired) electrons. The fourth-order valence-corrected chi connectivity index (χ4v) is 1.71. The predicted octanol–water partition coefficient (Wildman–Crippen LogP) is 3.38. The molecule has 0 aliphatic carbocycles. The van der Waals surface area contributed by atoms with Gasteiger partial charge in [-0.15, -0.1) is 0 Å². The first kappa shape index (κ1) is 14.9. The molecule has 1 heterocycles. The maximum Gasteiger partial charge on any atom is 0.342 e. The fraction of sp³-hybridized carbons (Fsp3) is 0. The number of carbonyl (C=O) groups is 1. The highest BCUT2D eigenvalue weighted by Gasteiger charge is 2.21. The molecular formula is C12H6BrFN2O5. The SMILES string of the molecule is O=C(O)c1cc(Oc2ccc(Br)c(F)c2)ncc1[N+](=O)[O-]. The van der Waals surface area contributed by atoms with E-state index in [1.165, 1.54) is 12.1 Å². The van der Waals surface area contributed by atoms with Crippen molar-refractivity contribution in [2.45, 2.75) is 0 Å². The van der Waals surface area contributed by atoms with Crippen LogP contribution >= 0.6 is 15.9 Å². The lowest BCUT2D eigenvalue weighted by atomic mass is 10.2. The van der Waals surface area contributed by atoms with Gasteiger partial charge in [0.2, 0.25) is 5.88 Å². The van der Waals surface area contributed by atoms with Crippen LogP contribution < -0.4 is 4.74 Å². The number of aromatic nitrogens is 1. The summed E-state index contributed by atoms with van der Waals surface area (Å²) in [7, 11) is 0. The number of ether oxygens (including phenoxy) is 1. The van der Waals surface area contributed by atoms with Gasteiger partial charge in [0.1, 0.15) is 23.3 Å². The minimum Gasteiger partial charge on any atom is -0.477 e. The first-order chi connectivity index (χ1) is 9.88. The van der Waals surface area contributed by atoms with Crippen molar-refractivity contribution in [1.29, 1.82) is 0 Å². The van der Waals surface area contributed by atoms with Gasteiger partial charge in [0.05, 0.1) is 9.40 Å². The zero-order chi connectivity index (χ0) is 15.6. The monoisotopic (exact) mass is 356 g/mol. The highest BCUT2D eigenvalue weighted by Crippen LogP contribution is 2.27. The van der Waals surface area contributed by atoms with Crippen LogP contribution in [0.1, 0.15) is 10.4 Å². The number of halogens is 2. The number of rotatable bonds is 4. The van der Waals surface area contributed by atoms with Gasteiger partial charge in [0.15, 0.2) is 0 Å². The maximum atomic E-state index is 13.3. The summed E-state index contributed by atoms with van der Waals surface area (Å²) >= 11 is 2.97. The Morgan fingerprint density at radius 2 is 2.14 bits per heavy atom. The zero-order valence-electron chi connectivity index (χ0n) is 10.1. The second kappa shape index (κ2) is 5.83. The summed E-state index contributed by atoms with van der Waals surface area (Å²) < 4.78 is 18.7. The van der Waals surface area contributed by atoms with E-state index in [1.807, 2.05) is 0 Å². The van der Waals surface area contributed by atoms with Crippen LogP contribution in [0.15, 0.2) is 34.9 Å². The molecule has 0 spiro atoms. The van der Waals surface area contributed by atoms with Crippen molar-refractivity contribution in [3.63, 3.8) is 0 Å². The number of nitrogens with zero attached hydrogens (tertiary/aromatic N) is 2. The van der Waals surface area contributed by atoms with E-state index in [9.17, 15) is 19.3 Å². The van der Waals surface area contributed by atoms with E-state index in [-0.39, 0.29) is 16.1 Å². The third-order valence-electron chi connectivity index (χ3n) is 2.40. The lowest BCUT2D eigenvalue weighted by Crippen LogP contribution is -2.04. The average Bonchev–Trinajstić information content (AvgIpc) is 2.42. The zero-order valence-corrected chi connectivity index (χ0v) is 11.7. The highest BCUT2D eigenvalue weighted by atomic mass is 79.9. The van der Waals surface area contributed by atoms with Crippen molar-refractivity contribution >= 4 is 27.6 Å². The molecule has 2 rings (SSSR count). The predicted molar refractivity (Wildman–Crippen MR) is 72.0 cm³/mol. The van der Waals surface area contributed by atoms with Gasteiger partial charge in [-0.3, -0.25) is 10.1 Å². The van der Waals surface area contributed by atoms with E-state index in [2.05, 4.69) is 20.9 Å². The van der Waals surface area contributed by atoms with Crippen molar-refractivity contribution in [3.8, 4) is 11.6 Å². The molecule has 9 heteroatoms. The quantitative estimate of drug-likeness (QED) is 0.665. The summed E-state index contributed by atoms with van der Waals surface area (Å²) in [6.07, 6.45) is 0.772. The van der Waals surface area contributed by atoms with Crippen molar-refractivity contribution in [2.75, 3.05) is 0 Å². The van der Waals surface area contributed by atoms with Gasteiger partial charge in [-0.1, -0.05) is 0 Å². The highest BCUT2D eigenvalue weighted by molar-refractivity contribution is 9.10. The molecule has 1 aromatic heterocycles. The van der Waals surface area contributed by atoms with Gasteiger partial charge in [0, 0.05) is 12.1 Å². The summed E-state index contributed by atoms with van der Waals surface area (Å²) in [6.45, 7) is 0. The lowest BCUT2D eigenvalue weighted by molar-refractivity contribution is -0.385. The summed E-state index contributed by atoms with van der Waals surface area (Å²) in [5, 5.41) is 19.6. The summed E-state index contributed by atoms with van der Waals surface area (Å²) in [6, 6.07) is 4.79. The topological polar surface area (TPSA) is 103 Å². The summed E-state index contributed by atoms with van der Waals surface area (Å²) in [5.74, 6) is -2.18. The molecule has 0 unspecified atom stereocenters. The Balaban J connectivity index is 2.36. The van der Waals surface area contributed by atoms with Crippen LogP contribution in [0, 0.1) is 15.9 Å². The number of carboxylic acids is 1. The molecule has 21 heavy (non-hydrogen) atoms. The van der Waals surface area contributed by atoms with Crippen molar-refractivity contribution < 1.29 is 24.0 Å². The fourth-order valence-electron chi connectivity index (χ4n) is 1.46. The first-order valence-corrected chi connectivity index (χ1v) is 6.18. The van der Waals surface area contributed by atoms with E-state index in [1.54, 1.807) is 0 Å². The third kappa shape index (κ3) is 3.31. The smallest absolute Gasteiger partial charge is 0.342 e.